The maximum absolute atomic E-state index is 11.7. The van der Waals surface area contributed by atoms with Crippen LogP contribution in [0.1, 0.15) is 107 Å². The SMILES string of the molecule is CC[C@@]1([C@@H]2O[C@@H]([C@H]3O[C@@](O)(CO)[C@H](C)C[C@@H]3C)C[C@@H]2C)CCC([C@]2(C)CCC3(C[C@H](O)[C@@H](C)[C@@H]([C@@H](C)[C@@H](OC)[C@H](C)C(=O)[O-])O3)O2)O1.[Na+]. The van der Waals surface area contributed by atoms with Crippen molar-refractivity contribution in [1.82, 2.24) is 0 Å². The Bertz CT molecular complexity index is 1110. The van der Waals surface area contributed by atoms with Gasteiger partial charge in [0.1, 0.15) is 0 Å². The number of hydrogen-bond acceptors (Lipinski definition) is 11. The molecular formula is C36H61NaO11. The van der Waals surface area contributed by atoms with Crippen LogP contribution in [-0.2, 0) is 33.2 Å². The molecule has 0 radical (unpaired) electrons. The standard InChI is InChI=1S/C36H62O11.Na/c1-10-34(31-20(3)16-26(43-31)28-19(2)15-21(4)36(41,18-37)46-28)12-11-27(44-34)33(8)13-14-35(47-33)17-25(38)22(5)30(45-35)23(6)29(42-9)24(7)32(39)40;/h19-31,37-38,41H,10-18H2,1-9H3,(H,39,40);/q;+1/p-1/t19-,20-,21+,22+,23-,24-,25-,26+,27?,28-,29+,30-,31+,33-,34-,35?,36-;/m0./s1. The Labute approximate surface area is 309 Å². The van der Waals surface area contributed by atoms with Gasteiger partial charge in [-0.3, -0.25) is 0 Å². The molecule has 5 aliphatic heterocycles. The van der Waals surface area contributed by atoms with Crippen LogP contribution in [0.25, 0.3) is 0 Å². The molecule has 3 N–H and O–H groups in total. The minimum absolute atomic E-state index is 0. The van der Waals surface area contributed by atoms with Gasteiger partial charge in [0.15, 0.2) is 11.6 Å². The van der Waals surface area contributed by atoms with E-state index in [9.17, 15) is 25.2 Å². The second kappa shape index (κ2) is 15.2. The monoisotopic (exact) mass is 692 g/mol. The zero-order valence-electron chi connectivity index (χ0n) is 31.0. The predicted molar refractivity (Wildman–Crippen MR) is 170 cm³/mol. The molecule has 0 amide bonds. The molecule has 1 spiro atoms. The summed E-state index contributed by atoms with van der Waals surface area (Å²) in [5.74, 6) is -4.97. The first-order valence-corrected chi connectivity index (χ1v) is 18.1. The van der Waals surface area contributed by atoms with Crippen LogP contribution in [0.3, 0.4) is 0 Å². The quantitative estimate of drug-likeness (QED) is 0.264. The van der Waals surface area contributed by atoms with Crippen molar-refractivity contribution >= 4 is 5.97 Å². The number of aliphatic carboxylic acids is 1. The topological polar surface area (TPSA) is 156 Å². The van der Waals surface area contributed by atoms with Crippen molar-refractivity contribution in [3.8, 4) is 0 Å². The zero-order chi connectivity index (χ0) is 34.7. The van der Waals surface area contributed by atoms with Crippen molar-refractivity contribution in [1.29, 1.82) is 0 Å². The van der Waals surface area contributed by atoms with Gasteiger partial charge >= 0.3 is 29.6 Å². The van der Waals surface area contributed by atoms with Crippen LogP contribution in [0.15, 0.2) is 0 Å². The number of aliphatic hydroxyl groups is 3. The number of hydrogen-bond donors (Lipinski definition) is 3. The van der Waals surface area contributed by atoms with Crippen LogP contribution < -0.4 is 34.7 Å². The number of aliphatic hydroxyl groups excluding tert-OH is 2. The van der Waals surface area contributed by atoms with Crippen LogP contribution >= 0.6 is 0 Å². The van der Waals surface area contributed by atoms with Gasteiger partial charge in [0.2, 0.25) is 0 Å². The molecule has 48 heavy (non-hydrogen) atoms. The molecule has 11 nitrogen and oxygen atoms in total. The summed E-state index contributed by atoms with van der Waals surface area (Å²) in [6, 6.07) is 0. The summed E-state index contributed by atoms with van der Waals surface area (Å²) in [5.41, 5.74) is -1.16. The summed E-state index contributed by atoms with van der Waals surface area (Å²) in [6.07, 6.45) is 2.81. The molecule has 5 saturated heterocycles. The summed E-state index contributed by atoms with van der Waals surface area (Å²) in [5, 5.41) is 43.9. The number of carbonyl (C=O) groups excluding carboxylic acids is 1. The molecular weight excluding hydrogens is 631 g/mol. The Morgan fingerprint density at radius 2 is 1.73 bits per heavy atom. The van der Waals surface area contributed by atoms with Crippen LogP contribution in [0.4, 0.5) is 0 Å². The first-order valence-electron chi connectivity index (χ1n) is 18.1. The van der Waals surface area contributed by atoms with E-state index in [0.29, 0.717) is 19.3 Å². The Kier molecular flexibility index (Phi) is 13.0. The van der Waals surface area contributed by atoms with Crippen molar-refractivity contribution in [2.45, 2.75) is 172 Å². The summed E-state index contributed by atoms with van der Waals surface area (Å²) in [7, 11) is 1.50. The zero-order valence-corrected chi connectivity index (χ0v) is 33.0. The average molecular weight is 693 g/mol. The molecule has 0 aromatic rings. The molecule has 17 atom stereocenters. The second-order valence-corrected chi connectivity index (χ2v) is 16.3. The molecule has 5 aliphatic rings. The van der Waals surface area contributed by atoms with Crippen molar-refractivity contribution in [3.63, 3.8) is 0 Å². The number of rotatable bonds is 10. The van der Waals surface area contributed by atoms with Crippen LogP contribution in [0, 0.1) is 35.5 Å². The van der Waals surface area contributed by atoms with E-state index in [4.69, 9.17) is 28.4 Å². The van der Waals surface area contributed by atoms with E-state index in [1.807, 2.05) is 20.8 Å². The van der Waals surface area contributed by atoms with Crippen molar-refractivity contribution in [3.05, 3.63) is 0 Å². The third-order valence-electron chi connectivity index (χ3n) is 13.0. The summed E-state index contributed by atoms with van der Waals surface area (Å²) in [4.78, 5) is 11.7. The second-order valence-electron chi connectivity index (χ2n) is 16.3. The minimum Gasteiger partial charge on any atom is -0.550 e. The summed E-state index contributed by atoms with van der Waals surface area (Å²) in [6.45, 7) is 15.4. The van der Waals surface area contributed by atoms with Gasteiger partial charge in [-0.15, -0.1) is 0 Å². The van der Waals surface area contributed by atoms with E-state index in [2.05, 4.69) is 27.7 Å². The van der Waals surface area contributed by atoms with Gasteiger partial charge in [0.05, 0.1) is 60.5 Å². The third-order valence-corrected chi connectivity index (χ3v) is 13.0. The van der Waals surface area contributed by atoms with Gasteiger partial charge in [-0.25, -0.2) is 0 Å². The number of carboxylic acids is 1. The molecule has 272 valence electrons. The first kappa shape index (κ1) is 40.9. The fourth-order valence-electron chi connectivity index (χ4n) is 9.91. The van der Waals surface area contributed by atoms with E-state index in [1.54, 1.807) is 6.92 Å². The Balaban J connectivity index is 0.00000520. The van der Waals surface area contributed by atoms with Gasteiger partial charge in [0.25, 0.3) is 0 Å². The van der Waals surface area contributed by atoms with E-state index in [-0.39, 0.29) is 83.6 Å². The van der Waals surface area contributed by atoms with Crippen LogP contribution in [0.2, 0.25) is 0 Å². The van der Waals surface area contributed by atoms with E-state index in [0.717, 1.165) is 32.1 Å². The molecule has 0 aromatic heterocycles. The number of carbonyl (C=O) groups is 1. The average Bonchev–Trinajstić information content (AvgIpc) is 3.73. The molecule has 0 aromatic carbocycles. The molecule has 12 heteroatoms. The molecule has 0 bridgehead atoms. The fraction of sp³-hybridized carbons (Fsp3) is 0.972. The maximum atomic E-state index is 11.7. The maximum Gasteiger partial charge on any atom is 1.00 e. The van der Waals surface area contributed by atoms with Gasteiger partial charge in [0, 0.05) is 49.6 Å². The third kappa shape index (κ3) is 7.33. The van der Waals surface area contributed by atoms with E-state index >= 15 is 0 Å². The molecule has 5 heterocycles. The van der Waals surface area contributed by atoms with Gasteiger partial charge < -0.3 is 53.6 Å². The fourth-order valence-corrected chi connectivity index (χ4v) is 9.91. The number of carboxylic acid groups (broad SMARTS) is 1. The van der Waals surface area contributed by atoms with Gasteiger partial charge in [-0.1, -0.05) is 48.5 Å². The Hall–Kier alpha value is 0.110. The summed E-state index contributed by atoms with van der Waals surface area (Å²) >= 11 is 0. The predicted octanol–water partition coefficient (Wildman–Crippen LogP) is -0.0578. The minimum atomic E-state index is -1.57. The van der Waals surface area contributed by atoms with Crippen molar-refractivity contribution in [2.75, 3.05) is 13.7 Å². The number of ether oxygens (including phenoxy) is 6. The van der Waals surface area contributed by atoms with Crippen LogP contribution in [0.5, 0.6) is 0 Å². The van der Waals surface area contributed by atoms with E-state index in [1.165, 1.54) is 7.11 Å². The molecule has 0 saturated carbocycles. The van der Waals surface area contributed by atoms with Crippen LogP contribution in [-0.4, -0.2) is 101 Å². The largest absolute Gasteiger partial charge is 1.00 e. The first-order chi connectivity index (χ1) is 22.0. The summed E-state index contributed by atoms with van der Waals surface area (Å²) < 4.78 is 39.3. The van der Waals surface area contributed by atoms with Crippen molar-refractivity contribution < 1.29 is 83.2 Å². The normalized spacial score (nSPS) is 49.8. The smallest absolute Gasteiger partial charge is 0.550 e. The molecule has 5 rings (SSSR count). The molecule has 5 fully saturated rings. The molecule has 0 aliphatic carbocycles. The van der Waals surface area contributed by atoms with E-state index < -0.39 is 59.6 Å². The molecule has 2 unspecified atom stereocenters. The van der Waals surface area contributed by atoms with Gasteiger partial charge in [-0.05, 0) is 57.3 Å². The Morgan fingerprint density at radius 1 is 1.04 bits per heavy atom. The number of methoxy groups -OCH3 is 1. The Morgan fingerprint density at radius 3 is 2.33 bits per heavy atom. The van der Waals surface area contributed by atoms with Gasteiger partial charge in [-0.2, -0.15) is 0 Å². The van der Waals surface area contributed by atoms with Crippen molar-refractivity contribution in [2.24, 2.45) is 35.5 Å².